The van der Waals surface area contributed by atoms with Gasteiger partial charge in [0.2, 0.25) is 5.91 Å². The van der Waals surface area contributed by atoms with Crippen LogP contribution in [0.1, 0.15) is 10.4 Å². The molecule has 3 N–H and O–H groups in total. The molecule has 1 aromatic heterocycles. The Balaban J connectivity index is 2.05. The number of aromatic amines is 1. The van der Waals surface area contributed by atoms with Crippen molar-refractivity contribution in [2.75, 3.05) is 0 Å². The second kappa shape index (κ2) is 4.97. The van der Waals surface area contributed by atoms with Crippen LogP contribution in [0, 0.1) is 0 Å². The number of rotatable bonds is 3. The number of hydrogen-bond acceptors (Lipinski definition) is 3. The van der Waals surface area contributed by atoms with E-state index in [2.05, 4.69) is 15.2 Å². The fraction of sp³-hybridized carbons (Fsp3) is 0. The molecule has 98 valence electrons. The van der Waals surface area contributed by atoms with Crippen molar-refractivity contribution in [1.82, 2.24) is 15.2 Å². The number of aromatic nitrogens is 3. The maximum atomic E-state index is 11.4. The van der Waals surface area contributed by atoms with E-state index in [9.17, 15) is 4.79 Å². The second-order valence-electron chi connectivity index (χ2n) is 4.28. The molecule has 0 aliphatic heterocycles. The third kappa shape index (κ3) is 2.16. The first-order valence-electron chi connectivity index (χ1n) is 6.13. The molecule has 5 heteroatoms. The van der Waals surface area contributed by atoms with E-state index in [-0.39, 0.29) is 0 Å². The minimum Gasteiger partial charge on any atom is -0.366 e. The van der Waals surface area contributed by atoms with Gasteiger partial charge in [-0.1, -0.05) is 48.5 Å². The number of nitrogens with two attached hydrogens (primary N) is 1. The summed E-state index contributed by atoms with van der Waals surface area (Å²) in [6, 6.07) is 16.7. The molecule has 20 heavy (non-hydrogen) atoms. The van der Waals surface area contributed by atoms with Crippen LogP contribution in [0.3, 0.4) is 0 Å². The third-order valence-corrected chi connectivity index (χ3v) is 2.97. The molecule has 3 rings (SSSR count). The smallest absolute Gasteiger partial charge is 0.249 e. The highest BCUT2D eigenvalue weighted by Crippen LogP contribution is 2.22. The number of primary amides is 1. The van der Waals surface area contributed by atoms with Gasteiger partial charge >= 0.3 is 0 Å². The normalized spacial score (nSPS) is 10.4. The van der Waals surface area contributed by atoms with Gasteiger partial charge in [-0.25, -0.2) is 4.98 Å². The molecule has 0 aliphatic rings. The summed E-state index contributed by atoms with van der Waals surface area (Å²) < 4.78 is 0. The summed E-state index contributed by atoms with van der Waals surface area (Å²) in [6.45, 7) is 0. The highest BCUT2D eigenvalue weighted by atomic mass is 16.1. The Morgan fingerprint density at radius 3 is 2.45 bits per heavy atom. The Bertz CT molecular complexity index is 749. The minimum absolute atomic E-state index is 0.420. The lowest BCUT2D eigenvalue weighted by molar-refractivity contribution is 0.100. The number of H-pyrrole nitrogens is 1. The molecule has 0 saturated heterocycles. The highest BCUT2D eigenvalue weighted by molar-refractivity contribution is 5.99. The molecule has 2 aromatic carbocycles. The predicted octanol–water partition coefficient (Wildman–Crippen LogP) is 2.24. The van der Waals surface area contributed by atoms with Gasteiger partial charge in [0.05, 0.1) is 5.56 Å². The van der Waals surface area contributed by atoms with Crippen molar-refractivity contribution < 1.29 is 4.79 Å². The number of amides is 1. The third-order valence-electron chi connectivity index (χ3n) is 2.97. The van der Waals surface area contributed by atoms with Crippen LogP contribution in [-0.4, -0.2) is 21.1 Å². The first-order valence-corrected chi connectivity index (χ1v) is 6.13. The van der Waals surface area contributed by atoms with Gasteiger partial charge in [0, 0.05) is 11.1 Å². The minimum atomic E-state index is -0.488. The molecule has 0 unspecified atom stereocenters. The lowest BCUT2D eigenvalue weighted by atomic mass is 10.1. The van der Waals surface area contributed by atoms with Gasteiger partial charge in [-0.15, -0.1) is 0 Å². The predicted molar refractivity (Wildman–Crippen MR) is 75.8 cm³/mol. The molecule has 0 bridgehead atoms. The van der Waals surface area contributed by atoms with Gasteiger partial charge in [0.15, 0.2) is 11.6 Å². The zero-order valence-corrected chi connectivity index (χ0v) is 10.6. The van der Waals surface area contributed by atoms with Crippen LogP contribution in [0.5, 0.6) is 0 Å². The van der Waals surface area contributed by atoms with Crippen LogP contribution in [0.4, 0.5) is 0 Å². The van der Waals surface area contributed by atoms with Gasteiger partial charge in [0.25, 0.3) is 0 Å². The zero-order chi connectivity index (χ0) is 13.9. The second-order valence-corrected chi connectivity index (χ2v) is 4.28. The van der Waals surface area contributed by atoms with Crippen molar-refractivity contribution in [1.29, 1.82) is 0 Å². The molecular formula is C15H12N4O. The molecule has 0 atom stereocenters. The number of hydrogen-bond donors (Lipinski definition) is 2. The molecule has 5 nitrogen and oxygen atoms in total. The Hall–Kier alpha value is -2.95. The average Bonchev–Trinajstić information content (AvgIpc) is 2.98. The number of nitrogens with zero attached hydrogens (tertiary/aromatic N) is 2. The number of nitrogens with one attached hydrogen (secondary N) is 1. The summed E-state index contributed by atoms with van der Waals surface area (Å²) in [4.78, 5) is 15.9. The number of carbonyl (C=O) groups is 1. The van der Waals surface area contributed by atoms with Crippen LogP contribution >= 0.6 is 0 Å². The Morgan fingerprint density at radius 1 is 1.00 bits per heavy atom. The van der Waals surface area contributed by atoms with Crippen molar-refractivity contribution in [2.45, 2.75) is 0 Å². The van der Waals surface area contributed by atoms with Gasteiger partial charge in [0.1, 0.15) is 0 Å². The van der Waals surface area contributed by atoms with Crippen molar-refractivity contribution in [2.24, 2.45) is 5.73 Å². The van der Waals surface area contributed by atoms with E-state index in [1.54, 1.807) is 18.2 Å². The fourth-order valence-electron chi connectivity index (χ4n) is 2.00. The molecule has 0 saturated carbocycles. The van der Waals surface area contributed by atoms with E-state index < -0.39 is 5.91 Å². The van der Waals surface area contributed by atoms with Crippen molar-refractivity contribution in [3.05, 3.63) is 60.2 Å². The van der Waals surface area contributed by atoms with Crippen molar-refractivity contribution in [3.63, 3.8) is 0 Å². The van der Waals surface area contributed by atoms with Crippen LogP contribution in [0.15, 0.2) is 54.6 Å². The van der Waals surface area contributed by atoms with Gasteiger partial charge in [-0.3, -0.25) is 9.89 Å². The maximum absolute atomic E-state index is 11.4. The first-order chi connectivity index (χ1) is 9.75. The topological polar surface area (TPSA) is 84.7 Å². The maximum Gasteiger partial charge on any atom is 0.249 e. The van der Waals surface area contributed by atoms with Crippen LogP contribution in [0.2, 0.25) is 0 Å². The standard InChI is InChI=1S/C15H12N4O/c16-13(20)11-8-4-5-9-12(11)15-17-14(18-19-15)10-6-2-1-3-7-10/h1-9H,(H2,16,20)(H,17,18,19). The molecule has 1 amide bonds. The Kier molecular flexibility index (Phi) is 3.01. The summed E-state index contributed by atoms with van der Waals surface area (Å²) in [6.07, 6.45) is 0. The van der Waals surface area contributed by atoms with E-state index in [1.165, 1.54) is 0 Å². The van der Waals surface area contributed by atoms with E-state index >= 15 is 0 Å². The van der Waals surface area contributed by atoms with Crippen LogP contribution in [-0.2, 0) is 0 Å². The van der Waals surface area contributed by atoms with Gasteiger partial charge < -0.3 is 5.73 Å². The lowest BCUT2D eigenvalue weighted by Gasteiger charge is -2.01. The quantitative estimate of drug-likeness (QED) is 0.760. The van der Waals surface area contributed by atoms with E-state index in [0.717, 1.165) is 5.56 Å². The van der Waals surface area contributed by atoms with E-state index in [0.29, 0.717) is 22.8 Å². The highest BCUT2D eigenvalue weighted by Gasteiger charge is 2.13. The largest absolute Gasteiger partial charge is 0.366 e. The van der Waals surface area contributed by atoms with Crippen LogP contribution in [0.25, 0.3) is 22.8 Å². The molecule has 0 aliphatic carbocycles. The fourth-order valence-corrected chi connectivity index (χ4v) is 2.00. The Labute approximate surface area is 115 Å². The molecule has 1 heterocycles. The molecule has 3 aromatic rings. The zero-order valence-electron chi connectivity index (χ0n) is 10.6. The summed E-state index contributed by atoms with van der Waals surface area (Å²) >= 11 is 0. The van der Waals surface area contributed by atoms with Gasteiger partial charge in [-0.2, -0.15) is 5.10 Å². The molecule has 0 spiro atoms. The number of carbonyl (C=O) groups excluding carboxylic acids is 1. The summed E-state index contributed by atoms with van der Waals surface area (Å²) in [5, 5.41) is 7.02. The van der Waals surface area contributed by atoms with E-state index in [4.69, 9.17) is 5.73 Å². The van der Waals surface area contributed by atoms with E-state index in [1.807, 2.05) is 36.4 Å². The van der Waals surface area contributed by atoms with Crippen molar-refractivity contribution >= 4 is 5.91 Å². The summed E-state index contributed by atoms with van der Waals surface area (Å²) in [7, 11) is 0. The summed E-state index contributed by atoms with van der Waals surface area (Å²) in [5.74, 6) is 0.622. The molecule has 0 fully saturated rings. The molecular weight excluding hydrogens is 252 g/mol. The summed E-state index contributed by atoms with van der Waals surface area (Å²) in [5.41, 5.74) is 7.35. The average molecular weight is 264 g/mol. The van der Waals surface area contributed by atoms with Gasteiger partial charge in [-0.05, 0) is 6.07 Å². The van der Waals surface area contributed by atoms with Crippen LogP contribution < -0.4 is 5.73 Å². The first kappa shape index (κ1) is 12.1. The Morgan fingerprint density at radius 2 is 1.70 bits per heavy atom. The SMILES string of the molecule is NC(=O)c1ccccc1-c1nc(-c2ccccc2)n[nH]1. The molecule has 0 radical (unpaired) electrons. The lowest BCUT2D eigenvalue weighted by Crippen LogP contribution is -2.12. The van der Waals surface area contributed by atoms with Crippen molar-refractivity contribution in [3.8, 4) is 22.8 Å². The number of benzene rings is 2. The monoisotopic (exact) mass is 264 g/mol.